The van der Waals surface area contributed by atoms with Crippen LogP contribution in [0.25, 0.3) is 5.65 Å². The quantitative estimate of drug-likeness (QED) is 0.328. The maximum absolute atomic E-state index is 15.4. The van der Waals surface area contributed by atoms with Gasteiger partial charge in [0.25, 0.3) is 5.91 Å². The molecule has 2 aliphatic carbocycles. The summed E-state index contributed by atoms with van der Waals surface area (Å²) in [6.45, 7) is 2.32. The summed E-state index contributed by atoms with van der Waals surface area (Å²) in [4.78, 5) is 51.2. The number of imidazole rings is 1. The summed E-state index contributed by atoms with van der Waals surface area (Å²) < 4.78 is 34.1. The van der Waals surface area contributed by atoms with Crippen LogP contribution in [0.15, 0.2) is 48.5 Å². The summed E-state index contributed by atoms with van der Waals surface area (Å²) in [7, 11) is 0. The zero-order valence-electron chi connectivity index (χ0n) is 23.6. The predicted molar refractivity (Wildman–Crippen MR) is 148 cm³/mol. The van der Waals surface area contributed by atoms with Crippen molar-refractivity contribution < 1.29 is 33.0 Å². The number of hydrogen-bond acceptors (Lipinski definition) is 10. The van der Waals surface area contributed by atoms with E-state index in [4.69, 9.17) is 14.2 Å². The van der Waals surface area contributed by atoms with Gasteiger partial charge in [0.05, 0.1) is 18.4 Å². The van der Waals surface area contributed by atoms with Gasteiger partial charge in [-0.3, -0.25) is 24.3 Å². The fourth-order valence-electron chi connectivity index (χ4n) is 5.88. The number of allylic oxidation sites excluding steroid dienone is 1. The Balaban J connectivity index is 0.869. The Kier molecular flexibility index (Phi) is 7.57. The molecule has 43 heavy (non-hydrogen) atoms. The Morgan fingerprint density at radius 1 is 1.14 bits per heavy atom. The van der Waals surface area contributed by atoms with Crippen LogP contribution in [0, 0.1) is 5.92 Å². The number of carbonyl (C=O) groups excluding carboxylic acids is 3. The number of epoxide rings is 1. The standard InChI is InChI=1S/C29H34FN7O6/c30-21-12-19(37-15-20(42-29-28(37)43-29)17-41-26(39)11-18-1-2-18)3-4-23(21)34-7-9-35(10-8-34)25(38)14-32-27(40)22-16-36-6-5-31-13-24(36)33-22/h3-6,13,16,18-20,28-29H,1-2,7-12,14-15,17H2,(H,32,40)/t19?,20-,28?,29-/m1/s1. The van der Waals surface area contributed by atoms with Crippen molar-refractivity contribution in [2.24, 2.45) is 5.92 Å². The van der Waals surface area contributed by atoms with Crippen molar-refractivity contribution in [3.63, 3.8) is 0 Å². The van der Waals surface area contributed by atoms with Crippen LogP contribution in [0.4, 0.5) is 4.39 Å². The minimum atomic E-state index is -0.436. The van der Waals surface area contributed by atoms with Crippen LogP contribution in [-0.4, -0.2) is 117 Å². The highest BCUT2D eigenvalue weighted by atomic mass is 19.1. The molecule has 2 aromatic rings. The first-order valence-corrected chi connectivity index (χ1v) is 14.8. The second-order valence-corrected chi connectivity index (χ2v) is 11.6. The number of halogens is 1. The fraction of sp³-hybridized carbons (Fsp3) is 0.552. The molecule has 4 atom stereocenters. The van der Waals surface area contributed by atoms with E-state index in [0.717, 1.165) is 12.8 Å². The average Bonchev–Trinajstić information content (AvgIpc) is 3.95. The Morgan fingerprint density at radius 3 is 2.74 bits per heavy atom. The molecular weight excluding hydrogens is 561 g/mol. The molecule has 5 aliphatic rings. The van der Waals surface area contributed by atoms with Crippen molar-refractivity contribution in [2.45, 2.75) is 50.3 Å². The minimum absolute atomic E-state index is 0.145. The number of fused-ring (bicyclic) bond motifs is 2. The Labute approximate surface area is 247 Å². The summed E-state index contributed by atoms with van der Waals surface area (Å²) in [6.07, 6.45) is 12.1. The van der Waals surface area contributed by atoms with Gasteiger partial charge in [0, 0.05) is 70.2 Å². The molecule has 5 heterocycles. The van der Waals surface area contributed by atoms with E-state index in [1.54, 1.807) is 34.1 Å². The molecule has 1 saturated carbocycles. The van der Waals surface area contributed by atoms with Crippen LogP contribution in [0.3, 0.4) is 0 Å². The highest BCUT2D eigenvalue weighted by Gasteiger charge is 2.53. The first-order chi connectivity index (χ1) is 20.9. The summed E-state index contributed by atoms with van der Waals surface area (Å²) in [6, 6.07) is -0.192. The lowest BCUT2D eigenvalue weighted by atomic mass is 10.0. The summed E-state index contributed by atoms with van der Waals surface area (Å²) in [5, 5.41) is 2.64. The third kappa shape index (κ3) is 6.26. The van der Waals surface area contributed by atoms with E-state index >= 15 is 4.39 Å². The fourth-order valence-corrected chi connectivity index (χ4v) is 5.88. The normalized spacial score (nSPS) is 27.3. The molecule has 3 aliphatic heterocycles. The van der Waals surface area contributed by atoms with Crippen LogP contribution < -0.4 is 5.32 Å². The van der Waals surface area contributed by atoms with Gasteiger partial charge >= 0.3 is 5.97 Å². The van der Waals surface area contributed by atoms with Gasteiger partial charge in [0.2, 0.25) is 5.91 Å². The SMILES string of the molecule is O=C(CC1CC1)OC[C@H]1CN(C2C=CC(N3CCN(C(=O)CNC(=O)c4cn5ccncc5n4)CC3)=C(F)C2)C2O[C@H]2O1. The first-order valence-electron chi connectivity index (χ1n) is 14.8. The number of nitrogens with zero attached hydrogens (tertiary/aromatic N) is 6. The minimum Gasteiger partial charge on any atom is -0.463 e. The first kappa shape index (κ1) is 27.9. The third-order valence-corrected chi connectivity index (χ3v) is 8.52. The Bertz CT molecular complexity index is 1430. The van der Waals surface area contributed by atoms with E-state index in [1.165, 1.54) is 0 Å². The Hall–Kier alpha value is -3.88. The number of amides is 2. The van der Waals surface area contributed by atoms with Gasteiger partial charge in [-0.1, -0.05) is 6.08 Å². The second-order valence-electron chi connectivity index (χ2n) is 11.6. The molecule has 13 nitrogen and oxygen atoms in total. The van der Waals surface area contributed by atoms with Gasteiger partial charge in [0.1, 0.15) is 24.2 Å². The molecule has 2 unspecified atom stereocenters. The highest BCUT2D eigenvalue weighted by molar-refractivity contribution is 5.95. The van der Waals surface area contributed by atoms with Gasteiger partial charge in [-0.25, -0.2) is 9.37 Å². The number of hydrogen-bond donors (Lipinski definition) is 1. The molecule has 1 N–H and O–H groups in total. The van der Waals surface area contributed by atoms with E-state index in [-0.39, 0.29) is 67.6 Å². The number of morpholine rings is 1. The number of aromatic nitrogens is 3. The van der Waals surface area contributed by atoms with Gasteiger partial charge < -0.3 is 33.7 Å². The van der Waals surface area contributed by atoms with E-state index in [0.29, 0.717) is 56.4 Å². The van der Waals surface area contributed by atoms with Gasteiger partial charge in [0.15, 0.2) is 18.2 Å². The molecular formula is C29H34FN7O6. The van der Waals surface area contributed by atoms with E-state index in [1.807, 2.05) is 17.1 Å². The molecule has 14 heteroatoms. The zero-order valence-corrected chi connectivity index (χ0v) is 23.6. The highest BCUT2D eigenvalue weighted by Crippen LogP contribution is 2.38. The van der Waals surface area contributed by atoms with Gasteiger partial charge in [-0.15, -0.1) is 0 Å². The maximum atomic E-state index is 15.4. The second kappa shape index (κ2) is 11.7. The van der Waals surface area contributed by atoms with Gasteiger partial charge in [-0.2, -0.15) is 0 Å². The van der Waals surface area contributed by atoms with Crippen molar-refractivity contribution in [3.8, 4) is 0 Å². The Morgan fingerprint density at radius 2 is 1.98 bits per heavy atom. The maximum Gasteiger partial charge on any atom is 0.306 e. The van der Waals surface area contributed by atoms with E-state index < -0.39 is 5.91 Å². The topological polar surface area (TPSA) is 134 Å². The van der Waals surface area contributed by atoms with Crippen LogP contribution >= 0.6 is 0 Å². The van der Waals surface area contributed by atoms with Crippen molar-refractivity contribution >= 4 is 23.4 Å². The molecule has 0 radical (unpaired) electrons. The lowest BCUT2D eigenvalue weighted by Gasteiger charge is -2.39. The number of rotatable bonds is 9. The smallest absolute Gasteiger partial charge is 0.306 e. The summed E-state index contributed by atoms with van der Waals surface area (Å²) >= 11 is 0. The molecule has 2 aromatic heterocycles. The molecule has 0 aromatic carbocycles. The van der Waals surface area contributed by atoms with Crippen molar-refractivity contribution in [1.82, 2.24) is 34.4 Å². The molecule has 0 bridgehead atoms. The number of ether oxygens (including phenoxy) is 3. The van der Waals surface area contributed by atoms with Crippen LogP contribution in [0.5, 0.6) is 0 Å². The lowest BCUT2D eigenvalue weighted by Crippen LogP contribution is -2.51. The molecule has 2 amide bonds. The van der Waals surface area contributed by atoms with E-state index in [9.17, 15) is 14.4 Å². The molecule has 3 saturated heterocycles. The zero-order chi connectivity index (χ0) is 29.5. The largest absolute Gasteiger partial charge is 0.463 e. The predicted octanol–water partition coefficient (Wildman–Crippen LogP) is 0.839. The summed E-state index contributed by atoms with van der Waals surface area (Å²) in [5.74, 6) is -0.577. The lowest BCUT2D eigenvalue weighted by molar-refractivity contribution is -0.152. The molecule has 228 valence electrons. The van der Waals surface area contributed by atoms with Crippen LogP contribution in [-0.2, 0) is 23.8 Å². The van der Waals surface area contributed by atoms with E-state index in [2.05, 4.69) is 20.2 Å². The third-order valence-electron chi connectivity index (χ3n) is 8.52. The number of nitrogens with one attached hydrogen (secondary N) is 1. The van der Waals surface area contributed by atoms with Crippen molar-refractivity contribution in [1.29, 1.82) is 0 Å². The van der Waals surface area contributed by atoms with Crippen molar-refractivity contribution in [3.05, 3.63) is 54.2 Å². The van der Waals surface area contributed by atoms with Crippen LogP contribution in [0.1, 0.15) is 36.2 Å². The number of piperazine rings is 1. The summed E-state index contributed by atoms with van der Waals surface area (Å²) in [5.41, 5.74) is 1.28. The average molecular weight is 596 g/mol. The van der Waals surface area contributed by atoms with Crippen LogP contribution in [0.2, 0.25) is 0 Å². The number of esters is 1. The monoisotopic (exact) mass is 595 g/mol. The molecule has 4 fully saturated rings. The molecule has 7 rings (SSSR count). The van der Waals surface area contributed by atoms with Crippen molar-refractivity contribution in [2.75, 3.05) is 45.9 Å². The number of carbonyl (C=O) groups is 3. The molecule has 0 spiro atoms. The van der Waals surface area contributed by atoms with Gasteiger partial charge in [-0.05, 0) is 24.8 Å².